The number of aliphatic hydroxyl groups is 1. The number of rotatable bonds is 3. The second-order valence-electron chi connectivity index (χ2n) is 1.61. The van der Waals surface area contributed by atoms with Gasteiger partial charge >= 0.3 is 0 Å². The molecule has 0 saturated carbocycles. The van der Waals surface area contributed by atoms with Gasteiger partial charge in [-0.2, -0.15) is 0 Å². The summed E-state index contributed by atoms with van der Waals surface area (Å²) in [5.74, 6) is 0.764. The van der Waals surface area contributed by atoms with Crippen LogP contribution in [0.4, 0.5) is 0 Å². The van der Waals surface area contributed by atoms with Gasteiger partial charge in [0.15, 0.2) is 0 Å². The molecule has 0 amide bonds. The molecule has 0 atom stereocenters. The van der Waals surface area contributed by atoms with Crippen molar-refractivity contribution in [2.45, 2.75) is 5.03 Å². The van der Waals surface area contributed by atoms with Crippen LogP contribution < -0.4 is 0 Å². The first-order chi connectivity index (χ1) is 4.43. The molecule has 0 aliphatic heterocycles. The van der Waals surface area contributed by atoms with Gasteiger partial charge in [0.1, 0.15) is 0 Å². The van der Waals surface area contributed by atoms with Crippen LogP contribution in [0.2, 0.25) is 0 Å². The maximum absolute atomic E-state index is 8.43. The lowest BCUT2D eigenvalue weighted by atomic mass is 10.7. The highest BCUT2D eigenvalue weighted by Crippen LogP contribution is 2.12. The Morgan fingerprint density at radius 2 is 2.56 bits per heavy atom. The zero-order valence-electron chi connectivity index (χ0n) is 5.00. The molecule has 0 aliphatic rings. The Morgan fingerprint density at radius 3 is 3.11 bits per heavy atom. The number of thioether (sulfide) groups is 1. The van der Waals surface area contributed by atoms with Crippen LogP contribution in [0.5, 0.6) is 0 Å². The standard InChI is InChI=1S/C6H9NOS/c8-4-5-9-6-2-1-3-7-6/h1-3,7-8H,4-5H2. The van der Waals surface area contributed by atoms with E-state index in [4.69, 9.17) is 5.11 Å². The van der Waals surface area contributed by atoms with Crippen molar-refractivity contribution in [2.75, 3.05) is 12.4 Å². The highest BCUT2D eigenvalue weighted by Gasteiger charge is 1.89. The molecule has 2 N–H and O–H groups in total. The fraction of sp³-hybridized carbons (Fsp3) is 0.333. The molecule has 0 unspecified atom stereocenters. The summed E-state index contributed by atoms with van der Waals surface area (Å²) in [5.41, 5.74) is 0. The molecule has 0 aromatic carbocycles. The van der Waals surface area contributed by atoms with E-state index in [1.54, 1.807) is 11.8 Å². The summed E-state index contributed by atoms with van der Waals surface area (Å²) in [6.45, 7) is 0.240. The molecule has 0 fully saturated rings. The molecule has 1 rings (SSSR count). The molecule has 0 aliphatic carbocycles. The number of hydrogen-bond acceptors (Lipinski definition) is 2. The van der Waals surface area contributed by atoms with Crippen LogP contribution in [0.25, 0.3) is 0 Å². The monoisotopic (exact) mass is 143 g/mol. The topological polar surface area (TPSA) is 36.0 Å². The first-order valence-corrected chi connectivity index (χ1v) is 3.79. The summed E-state index contributed by atoms with van der Waals surface area (Å²) in [7, 11) is 0. The van der Waals surface area contributed by atoms with E-state index in [9.17, 15) is 0 Å². The van der Waals surface area contributed by atoms with Crippen molar-refractivity contribution < 1.29 is 5.11 Å². The predicted molar refractivity (Wildman–Crippen MR) is 38.6 cm³/mol. The second-order valence-corrected chi connectivity index (χ2v) is 2.74. The summed E-state index contributed by atoms with van der Waals surface area (Å²) < 4.78 is 0. The van der Waals surface area contributed by atoms with Crippen LogP contribution in [-0.4, -0.2) is 22.5 Å². The van der Waals surface area contributed by atoms with Crippen molar-refractivity contribution in [3.05, 3.63) is 18.3 Å². The third-order valence-electron chi connectivity index (χ3n) is 0.918. The lowest BCUT2D eigenvalue weighted by molar-refractivity contribution is 0.322. The minimum atomic E-state index is 0.240. The first kappa shape index (κ1) is 6.71. The molecule has 0 spiro atoms. The van der Waals surface area contributed by atoms with E-state index in [0.29, 0.717) is 0 Å². The van der Waals surface area contributed by atoms with Gasteiger partial charge in [-0.3, -0.25) is 0 Å². The van der Waals surface area contributed by atoms with Gasteiger partial charge < -0.3 is 10.1 Å². The van der Waals surface area contributed by atoms with Crippen molar-refractivity contribution in [3.63, 3.8) is 0 Å². The lowest BCUT2D eigenvalue weighted by Crippen LogP contribution is -1.84. The molecular formula is C6H9NOS. The fourth-order valence-corrected chi connectivity index (χ4v) is 1.20. The fourth-order valence-electron chi connectivity index (χ4n) is 0.559. The Hall–Kier alpha value is -0.410. The number of aliphatic hydroxyl groups excluding tert-OH is 1. The van der Waals surface area contributed by atoms with Crippen molar-refractivity contribution in [1.29, 1.82) is 0 Å². The molecule has 0 radical (unpaired) electrons. The van der Waals surface area contributed by atoms with Gasteiger partial charge in [0.05, 0.1) is 11.6 Å². The van der Waals surface area contributed by atoms with E-state index in [2.05, 4.69) is 4.98 Å². The molecule has 1 aromatic heterocycles. The van der Waals surface area contributed by atoms with Gasteiger partial charge in [0, 0.05) is 11.9 Å². The van der Waals surface area contributed by atoms with Crippen LogP contribution in [0.1, 0.15) is 0 Å². The highest BCUT2D eigenvalue weighted by atomic mass is 32.2. The van der Waals surface area contributed by atoms with E-state index in [1.165, 1.54) is 0 Å². The summed E-state index contributed by atoms with van der Waals surface area (Å²) >= 11 is 1.62. The van der Waals surface area contributed by atoms with Gasteiger partial charge in [0.2, 0.25) is 0 Å². The Morgan fingerprint density at radius 1 is 1.67 bits per heavy atom. The van der Waals surface area contributed by atoms with Crippen LogP contribution in [0.15, 0.2) is 23.4 Å². The zero-order chi connectivity index (χ0) is 6.53. The van der Waals surface area contributed by atoms with Gasteiger partial charge in [0.25, 0.3) is 0 Å². The lowest BCUT2D eigenvalue weighted by Gasteiger charge is -1.91. The van der Waals surface area contributed by atoms with Gasteiger partial charge in [-0.15, -0.1) is 11.8 Å². The summed E-state index contributed by atoms with van der Waals surface area (Å²) in [6.07, 6.45) is 1.87. The van der Waals surface area contributed by atoms with Crippen molar-refractivity contribution >= 4 is 11.8 Å². The molecule has 3 heteroatoms. The van der Waals surface area contributed by atoms with E-state index < -0.39 is 0 Å². The number of hydrogen-bond donors (Lipinski definition) is 2. The first-order valence-electron chi connectivity index (χ1n) is 2.80. The molecule has 0 saturated heterocycles. The van der Waals surface area contributed by atoms with Crippen LogP contribution >= 0.6 is 11.8 Å². The normalized spacial score (nSPS) is 9.89. The van der Waals surface area contributed by atoms with Crippen LogP contribution in [0, 0.1) is 0 Å². The predicted octanol–water partition coefficient (Wildman–Crippen LogP) is 1.10. The van der Waals surface area contributed by atoms with Gasteiger partial charge in [-0.05, 0) is 12.1 Å². The number of H-pyrrole nitrogens is 1. The minimum Gasteiger partial charge on any atom is -0.396 e. The summed E-state index contributed by atoms with van der Waals surface area (Å²) in [4.78, 5) is 3.02. The van der Waals surface area contributed by atoms with Crippen molar-refractivity contribution in [1.82, 2.24) is 4.98 Å². The molecule has 50 valence electrons. The number of aromatic nitrogens is 1. The molecule has 0 bridgehead atoms. The Bertz CT molecular complexity index is 150. The Labute approximate surface area is 58.3 Å². The van der Waals surface area contributed by atoms with Gasteiger partial charge in [-0.1, -0.05) is 0 Å². The zero-order valence-corrected chi connectivity index (χ0v) is 5.82. The average molecular weight is 143 g/mol. The molecule has 9 heavy (non-hydrogen) atoms. The number of nitrogens with one attached hydrogen (secondary N) is 1. The van der Waals surface area contributed by atoms with Crippen LogP contribution in [0.3, 0.4) is 0 Å². The smallest absolute Gasteiger partial charge is 0.0722 e. The van der Waals surface area contributed by atoms with E-state index in [0.717, 1.165) is 10.8 Å². The van der Waals surface area contributed by atoms with Crippen LogP contribution in [-0.2, 0) is 0 Å². The summed E-state index contributed by atoms with van der Waals surface area (Å²) in [5, 5.41) is 9.55. The minimum absolute atomic E-state index is 0.240. The molecule has 1 heterocycles. The van der Waals surface area contributed by atoms with Crippen molar-refractivity contribution in [3.8, 4) is 0 Å². The third kappa shape index (κ3) is 2.11. The third-order valence-corrected chi connectivity index (χ3v) is 1.87. The largest absolute Gasteiger partial charge is 0.396 e. The number of aromatic amines is 1. The second kappa shape index (κ2) is 3.58. The van der Waals surface area contributed by atoms with E-state index in [1.807, 2.05) is 18.3 Å². The molecular weight excluding hydrogens is 134 g/mol. The average Bonchev–Trinajstić information content (AvgIpc) is 2.34. The summed E-state index contributed by atoms with van der Waals surface area (Å²) in [6, 6.07) is 3.93. The van der Waals surface area contributed by atoms with Gasteiger partial charge in [-0.25, -0.2) is 0 Å². The maximum Gasteiger partial charge on any atom is 0.0722 e. The van der Waals surface area contributed by atoms with Crippen molar-refractivity contribution in [2.24, 2.45) is 0 Å². The highest BCUT2D eigenvalue weighted by molar-refractivity contribution is 7.99. The SMILES string of the molecule is OCCSc1ccc[nH]1. The maximum atomic E-state index is 8.43. The van der Waals surface area contributed by atoms with E-state index >= 15 is 0 Å². The van der Waals surface area contributed by atoms with E-state index in [-0.39, 0.29) is 6.61 Å². The molecule has 2 nitrogen and oxygen atoms in total. The molecule has 1 aromatic rings. The quantitative estimate of drug-likeness (QED) is 0.621. The Balaban J connectivity index is 2.30. The Kier molecular flexibility index (Phi) is 2.67.